The molecule has 3 N–H and O–H groups in total. The number of pyridine rings is 1. The second-order valence-corrected chi connectivity index (χ2v) is 10.4. The third-order valence-electron chi connectivity index (χ3n) is 7.02. The van der Waals surface area contributed by atoms with Gasteiger partial charge in [-0.25, -0.2) is 4.90 Å². The first kappa shape index (κ1) is 21.8. The maximum absolute atomic E-state index is 18.0. The molecule has 5 rings (SSSR count). The van der Waals surface area contributed by atoms with Gasteiger partial charge in [-0.15, -0.1) is 0 Å². The lowest BCUT2D eigenvalue weighted by Gasteiger charge is -2.47. The summed E-state index contributed by atoms with van der Waals surface area (Å²) in [6.07, 6.45) is -2.39. The smallest absolute Gasteiger partial charge is 0.299 e. The minimum Gasteiger partial charge on any atom is -0.396 e. The summed E-state index contributed by atoms with van der Waals surface area (Å²) in [5, 5.41) is 33.2. The number of hydrogen-bond acceptors (Lipinski definition) is 6. The molecule has 0 bridgehead atoms. The van der Waals surface area contributed by atoms with Crippen LogP contribution in [0, 0.1) is 5.41 Å². The summed E-state index contributed by atoms with van der Waals surface area (Å²) in [7, 11) is 0. The van der Waals surface area contributed by atoms with E-state index in [1.54, 1.807) is 48.5 Å². The highest BCUT2D eigenvalue weighted by atomic mass is 35.5. The molecule has 2 heterocycles. The molecule has 1 saturated carbocycles. The summed E-state index contributed by atoms with van der Waals surface area (Å²) in [6.45, 7) is -4.83. The fraction of sp³-hybridized carbons (Fsp3) is 0.393. The molecular weight excluding hydrogens is 518 g/mol. The van der Waals surface area contributed by atoms with Crippen LogP contribution in [-0.2, 0) is 22.7 Å². The summed E-state index contributed by atoms with van der Waals surface area (Å²) < 4.78 is 56.8. The van der Waals surface area contributed by atoms with E-state index in [0.29, 0.717) is 21.3 Å². The predicted molar refractivity (Wildman–Crippen MR) is 139 cm³/mol. The lowest BCUT2D eigenvalue weighted by Crippen LogP contribution is -2.60. The number of nitrogens with zero attached hydrogens (tertiary/aromatic N) is 2. The number of aromatic nitrogens is 1. The van der Waals surface area contributed by atoms with E-state index in [9.17, 15) is 15.3 Å². The number of benzene rings is 2. The number of alkyl halides is 1. The zero-order valence-corrected chi connectivity index (χ0v) is 21.4. The Morgan fingerprint density at radius 1 is 1.05 bits per heavy atom. The zero-order chi connectivity index (χ0) is 30.0. The van der Waals surface area contributed by atoms with Crippen LogP contribution < -0.4 is 0 Å². The molecule has 6 nitrogen and oxygen atoms in total. The highest BCUT2D eigenvalue weighted by Gasteiger charge is 2.64. The van der Waals surface area contributed by atoms with Crippen LogP contribution in [0.15, 0.2) is 66.9 Å². The Hall–Kier alpha value is -2.10. The Kier molecular flexibility index (Phi) is 5.83. The van der Waals surface area contributed by atoms with Crippen LogP contribution in [0.1, 0.15) is 47.6 Å². The van der Waals surface area contributed by atoms with Crippen molar-refractivity contribution in [1.82, 2.24) is 9.88 Å². The molecule has 0 saturated heterocycles. The van der Waals surface area contributed by atoms with Gasteiger partial charge in [0.25, 0.3) is 5.98 Å². The van der Waals surface area contributed by atoms with E-state index >= 15 is 4.39 Å². The van der Waals surface area contributed by atoms with E-state index in [2.05, 4.69) is 4.98 Å². The third-order valence-corrected chi connectivity index (χ3v) is 7.49. The van der Waals surface area contributed by atoms with Crippen LogP contribution in [-0.4, -0.2) is 50.7 Å². The van der Waals surface area contributed by atoms with Gasteiger partial charge in [-0.1, -0.05) is 59.6 Å². The van der Waals surface area contributed by atoms with Crippen molar-refractivity contribution in [2.75, 3.05) is 13.1 Å². The van der Waals surface area contributed by atoms with Crippen molar-refractivity contribution < 1.29 is 29.9 Å². The summed E-state index contributed by atoms with van der Waals surface area (Å²) in [6, 6.07) is 15.8. The Balaban J connectivity index is 1.79. The van der Waals surface area contributed by atoms with E-state index < -0.39 is 42.4 Å². The lowest BCUT2D eigenvalue weighted by molar-refractivity contribution is -0.319. The SMILES string of the molecule is [2H]C([2H])(O)C1(C([2H])([2H])OC2(F)c3ccccc3[C@@](Cc3ccc(Cl)cn3)(c3ccc(Cl)cc3)N2C(O)C(C)O)CC1. The summed E-state index contributed by atoms with van der Waals surface area (Å²) in [5.41, 5.74) is -2.74. The number of aliphatic hydroxyl groups excluding tert-OH is 2. The molecule has 1 aliphatic heterocycles. The normalized spacial score (nSPS) is 28.4. The van der Waals surface area contributed by atoms with Gasteiger partial charge in [-0.05, 0) is 55.2 Å². The molecule has 3 unspecified atom stereocenters. The van der Waals surface area contributed by atoms with Gasteiger partial charge >= 0.3 is 0 Å². The molecule has 2 aliphatic rings. The maximum Gasteiger partial charge on any atom is 0.299 e. The van der Waals surface area contributed by atoms with Gasteiger partial charge in [0.05, 0.1) is 35.3 Å². The van der Waals surface area contributed by atoms with Crippen molar-refractivity contribution in [2.45, 2.75) is 50.0 Å². The van der Waals surface area contributed by atoms with Crippen LogP contribution in [0.4, 0.5) is 4.39 Å². The number of hydrogen-bond donors (Lipinski definition) is 3. The van der Waals surface area contributed by atoms with Gasteiger partial charge in [-0.2, -0.15) is 4.39 Å². The summed E-state index contributed by atoms with van der Waals surface area (Å²) in [5.74, 6) is -3.26. The molecule has 3 aromatic rings. The molecule has 2 aromatic carbocycles. The molecule has 37 heavy (non-hydrogen) atoms. The Morgan fingerprint density at radius 2 is 1.70 bits per heavy atom. The molecule has 1 fully saturated rings. The Labute approximate surface area is 230 Å². The van der Waals surface area contributed by atoms with Crippen molar-refractivity contribution >= 4 is 23.2 Å². The summed E-state index contributed by atoms with van der Waals surface area (Å²) >= 11 is 12.3. The number of rotatable bonds is 9. The van der Waals surface area contributed by atoms with E-state index in [1.165, 1.54) is 25.3 Å². The first-order chi connectivity index (χ1) is 19.1. The van der Waals surface area contributed by atoms with Gasteiger partial charge in [0, 0.05) is 34.3 Å². The number of ether oxygens (including phenoxy) is 1. The minimum atomic E-state index is -3.26. The molecule has 0 radical (unpaired) electrons. The van der Waals surface area contributed by atoms with Gasteiger partial charge in [0.15, 0.2) is 0 Å². The van der Waals surface area contributed by atoms with E-state index in [4.69, 9.17) is 33.4 Å². The minimum absolute atomic E-state index is 0.0867. The molecule has 0 amide bonds. The van der Waals surface area contributed by atoms with Crippen molar-refractivity contribution in [3.8, 4) is 0 Å². The quantitative estimate of drug-likeness (QED) is 0.333. The fourth-order valence-corrected chi connectivity index (χ4v) is 5.17. The highest BCUT2D eigenvalue weighted by Crippen LogP contribution is 2.58. The lowest BCUT2D eigenvalue weighted by atomic mass is 9.78. The van der Waals surface area contributed by atoms with E-state index in [-0.39, 0.29) is 30.4 Å². The molecule has 1 aliphatic carbocycles. The van der Waals surface area contributed by atoms with Crippen LogP contribution in [0.3, 0.4) is 0 Å². The molecule has 1 aromatic heterocycles. The van der Waals surface area contributed by atoms with E-state index in [1.807, 2.05) is 0 Å². The molecule has 196 valence electrons. The number of fused-ring (bicyclic) bond motifs is 1. The van der Waals surface area contributed by atoms with Crippen LogP contribution in [0.25, 0.3) is 0 Å². The molecule has 4 atom stereocenters. The Bertz CT molecular complexity index is 1420. The first-order valence-electron chi connectivity index (χ1n) is 13.8. The molecule has 9 heteroatoms. The van der Waals surface area contributed by atoms with Crippen molar-refractivity contribution in [3.05, 3.63) is 99.3 Å². The second-order valence-electron chi connectivity index (χ2n) is 9.54. The van der Waals surface area contributed by atoms with Gasteiger partial charge in [0.1, 0.15) is 6.23 Å². The van der Waals surface area contributed by atoms with E-state index in [0.717, 1.165) is 4.90 Å². The van der Waals surface area contributed by atoms with Gasteiger partial charge in [-0.3, -0.25) is 4.98 Å². The third kappa shape index (κ3) is 4.57. The summed E-state index contributed by atoms with van der Waals surface area (Å²) in [4.78, 5) is 5.25. The topological polar surface area (TPSA) is 86.1 Å². The molecular formula is C28H29Cl2FN2O4. The Morgan fingerprint density at radius 3 is 2.27 bits per heavy atom. The van der Waals surface area contributed by atoms with Crippen molar-refractivity contribution in [3.63, 3.8) is 0 Å². The average Bonchev–Trinajstić information content (AvgIpc) is 3.70. The highest BCUT2D eigenvalue weighted by molar-refractivity contribution is 6.30. The van der Waals surface area contributed by atoms with Gasteiger partial charge in [0.2, 0.25) is 0 Å². The van der Waals surface area contributed by atoms with Gasteiger partial charge < -0.3 is 20.1 Å². The predicted octanol–water partition coefficient (Wildman–Crippen LogP) is 4.76. The maximum atomic E-state index is 18.0. The van der Waals surface area contributed by atoms with Crippen molar-refractivity contribution in [2.24, 2.45) is 5.41 Å². The second kappa shape index (κ2) is 9.89. The standard InChI is InChI=1S/C28H29Cl2FN2O4/c1-18(35)25(36)33-27(19-6-8-20(29)9-7-19,14-22-11-10-21(30)15-32-22)23-4-2-3-5-24(23)28(33,31)37-17-26(16-34)12-13-26/h2-11,15,18,25,34-36H,12-14,16-17H2,1H3/t18?,25?,27-,28?/m1/s1/i16D2,17D2. The number of aliphatic hydroxyl groups is 3. The fourth-order valence-electron chi connectivity index (χ4n) is 4.94. The number of halogens is 3. The zero-order valence-electron chi connectivity index (χ0n) is 23.9. The van der Waals surface area contributed by atoms with Crippen LogP contribution in [0.2, 0.25) is 10.0 Å². The van der Waals surface area contributed by atoms with Crippen molar-refractivity contribution in [1.29, 1.82) is 0 Å². The van der Waals surface area contributed by atoms with Crippen LogP contribution in [0.5, 0.6) is 0 Å². The van der Waals surface area contributed by atoms with Crippen LogP contribution >= 0.6 is 23.2 Å². The molecule has 0 spiro atoms. The first-order valence-corrected chi connectivity index (χ1v) is 12.6. The largest absolute Gasteiger partial charge is 0.396 e. The monoisotopic (exact) mass is 550 g/mol. The average molecular weight is 551 g/mol.